The molecule has 0 saturated heterocycles. The first-order valence-corrected chi connectivity index (χ1v) is 8.26. The highest BCUT2D eigenvalue weighted by Gasteiger charge is 2.30. The number of rotatable bonds is 7. The van der Waals surface area contributed by atoms with E-state index in [1.807, 2.05) is 25.3 Å². The van der Waals surface area contributed by atoms with Crippen molar-refractivity contribution in [3.63, 3.8) is 0 Å². The van der Waals surface area contributed by atoms with Crippen LogP contribution in [0, 0.1) is 5.92 Å². The van der Waals surface area contributed by atoms with Gasteiger partial charge in [-0.2, -0.15) is 0 Å². The van der Waals surface area contributed by atoms with Crippen molar-refractivity contribution < 1.29 is 9.59 Å². The third-order valence-corrected chi connectivity index (χ3v) is 4.13. The number of carbonyl (C=O) groups is 2. The molecule has 5 nitrogen and oxygen atoms in total. The van der Waals surface area contributed by atoms with Crippen LogP contribution < -0.4 is 10.6 Å². The number of amides is 3. The molecule has 3 amide bonds. The number of imide groups is 1. The van der Waals surface area contributed by atoms with Crippen LogP contribution in [0.5, 0.6) is 0 Å². The van der Waals surface area contributed by atoms with E-state index in [0.717, 1.165) is 19.4 Å². The van der Waals surface area contributed by atoms with Crippen molar-refractivity contribution in [3.05, 3.63) is 22.4 Å². The molecule has 0 spiro atoms. The van der Waals surface area contributed by atoms with E-state index in [4.69, 9.17) is 0 Å². The van der Waals surface area contributed by atoms with Crippen LogP contribution in [0.1, 0.15) is 31.6 Å². The first-order chi connectivity index (χ1) is 10.0. The van der Waals surface area contributed by atoms with Gasteiger partial charge >= 0.3 is 6.03 Å². The second-order valence-electron chi connectivity index (χ2n) is 5.87. The minimum atomic E-state index is -0.402. The highest BCUT2D eigenvalue weighted by Crippen LogP contribution is 2.28. The van der Waals surface area contributed by atoms with Gasteiger partial charge in [0, 0.05) is 24.0 Å². The molecule has 116 valence electrons. The van der Waals surface area contributed by atoms with Gasteiger partial charge in [0.05, 0.1) is 6.54 Å². The third-order valence-electron chi connectivity index (χ3n) is 3.27. The van der Waals surface area contributed by atoms with E-state index in [-0.39, 0.29) is 12.5 Å². The van der Waals surface area contributed by atoms with Gasteiger partial charge in [0.25, 0.3) is 0 Å². The Hall–Kier alpha value is -1.40. The summed E-state index contributed by atoms with van der Waals surface area (Å²) in [6, 6.07) is 4.18. The maximum absolute atomic E-state index is 12.0. The summed E-state index contributed by atoms with van der Waals surface area (Å²) in [6.45, 7) is 5.65. The van der Waals surface area contributed by atoms with Gasteiger partial charge in [0.2, 0.25) is 5.91 Å². The van der Waals surface area contributed by atoms with Crippen LogP contribution in [0.25, 0.3) is 0 Å². The second kappa shape index (κ2) is 7.56. The molecule has 0 atom stereocenters. The molecule has 6 heteroatoms. The van der Waals surface area contributed by atoms with E-state index < -0.39 is 6.03 Å². The average molecular weight is 309 g/mol. The fourth-order valence-electron chi connectivity index (χ4n) is 2.05. The van der Waals surface area contributed by atoms with Crippen LogP contribution in [-0.4, -0.2) is 36.0 Å². The Morgan fingerprint density at radius 3 is 2.76 bits per heavy atom. The molecule has 0 radical (unpaired) electrons. The molecule has 1 aromatic rings. The van der Waals surface area contributed by atoms with E-state index in [2.05, 4.69) is 21.6 Å². The van der Waals surface area contributed by atoms with Crippen LogP contribution in [0.4, 0.5) is 4.79 Å². The minimum Gasteiger partial charge on any atom is -0.338 e. The van der Waals surface area contributed by atoms with Gasteiger partial charge in [0.1, 0.15) is 0 Å². The zero-order valence-electron chi connectivity index (χ0n) is 12.6. The van der Waals surface area contributed by atoms with Crippen LogP contribution in [-0.2, 0) is 11.3 Å². The Labute approximate surface area is 129 Å². The molecule has 2 N–H and O–H groups in total. The van der Waals surface area contributed by atoms with Crippen molar-refractivity contribution in [1.29, 1.82) is 0 Å². The lowest BCUT2D eigenvalue weighted by Crippen LogP contribution is -2.45. The van der Waals surface area contributed by atoms with E-state index in [0.29, 0.717) is 18.5 Å². The number of hydrogen-bond acceptors (Lipinski definition) is 4. The van der Waals surface area contributed by atoms with Crippen LogP contribution in [0.2, 0.25) is 0 Å². The zero-order valence-corrected chi connectivity index (χ0v) is 13.4. The fraction of sp³-hybridized carbons (Fsp3) is 0.600. The largest absolute Gasteiger partial charge is 0.338 e. The lowest BCUT2D eigenvalue weighted by atomic mass is 10.2. The molecule has 0 aromatic carbocycles. The molecule has 1 saturated carbocycles. The highest BCUT2D eigenvalue weighted by molar-refractivity contribution is 7.09. The van der Waals surface area contributed by atoms with Crippen molar-refractivity contribution in [2.45, 2.75) is 39.3 Å². The lowest BCUT2D eigenvalue weighted by Gasteiger charge is -2.20. The Morgan fingerprint density at radius 2 is 2.19 bits per heavy atom. The normalized spacial score (nSPS) is 14.5. The summed E-state index contributed by atoms with van der Waals surface area (Å²) in [5.41, 5.74) is 0. The van der Waals surface area contributed by atoms with E-state index >= 15 is 0 Å². The van der Waals surface area contributed by atoms with Crippen molar-refractivity contribution in [2.24, 2.45) is 5.92 Å². The first-order valence-electron chi connectivity index (χ1n) is 7.38. The van der Waals surface area contributed by atoms with E-state index in [1.54, 1.807) is 11.3 Å². The standard InChI is InChI=1S/C15H23N3O2S/c1-11(2)8-16-15(20)17-14(19)10-18(12-5-6-12)9-13-4-3-7-21-13/h3-4,7,11-12H,5-6,8-10H2,1-2H3,(H2,16,17,19,20). The maximum atomic E-state index is 12.0. The molecule has 0 bridgehead atoms. The smallest absolute Gasteiger partial charge is 0.321 e. The molecule has 0 aliphatic heterocycles. The van der Waals surface area contributed by atoms with Gasteiger partial charge in [-0.15, -0.1) is 11.3 Å². The summed E-state index contributed by atoms with van der Waals surface area (Å²) in [5, 5.41) is 7.13. The topological polar surface area (TPSA) is 61.4 Å². The van der Waals surface area contributed by atoms with Crippen molar-refractivity contribution in [1.82, 2.24) is 15.5 Å². The summed E-state index contributed by atoms with van der Waals surface area (Å²) >= 11 is 1.70. The molecule has 1 aromatic heterocycles. The highest BCUT2D eigenvalue weighted by atomic mass is 32.1. The van der Waals surface area contributed by atoms with Crippen molar-refractivity contribution >= 4 is 23.3 Å². The molecule has 1 heterocycles. The van der Waals surface area contributed by atoms with Crippen molar-refractivity contribution in [2.75, 3.05) is 13.1 Å². The minimum absolute atomic E-state index is 0.236. The number of hydrogen-bond donors (Lipinski definition) is 2. The molecule has 0 unspecified atom stereocenters. The van der Waals surface area contributed by atoms with Gasteiger partial charge in [-0.1, -0.05) is 19.9 Å². The SMILES string of the molecule is CC(C)CNC(=O)NC(=O)CN(Cc1cccs1)C1CC1. The van der Waals surface area contributed by atoms with E-state index in [9.17, 15) is 9.59 Å². The molecule has 21 heavy (non-hydrogen) atoms. The average Bonchev–Trinajstić information content (AvgIpc) is 3.14. The van der Waals surface area contributed by atoms with Crippen LogP contribution in [0.3, 0.4) is 0 Å². The van der Waals surface area contributed by atoms with Crippen molar-refractivity contribution in [3.8, 4) is 0 Å². The predicted octanol–water partition coefficient (Wildman–Crippen LogP) is 2.19. The van der Waals surface area contributed by atoms with Gasteiger partial charge in [-0.3, -0.25) is 15.0 Å². The number of nitrogens with zero attached hydrogens (tertiary/aromatic N) is 1. The van der Waals surface area contributed by atoms with Gasteiger partial charge < -0.3 is 5.32 Å². The molecule has 2 rings (SSSR count). The molecule has 1 fully saturated rings. The molecular weight excluding hydrogens is 286 g/mol. The van der Waals surface area contributed by atoms with Crippen LogP contribution >= 0.6 is 11.3 Å². The van der Waals surface area contributed by atoms with Crippen LogP contribution in [0.15, 0.2) is 17.5 Å². The third kappa shape index (κ3) is 5.85. The quantitative estimate of drug-likeness (QED) is 0.811. The number of urea groups is 1. The first kappa shape index (κ1) is 16.0. The monoisotopic (exact) mass is 309 g/mol. The Morgan fingerprint density at radius 1 is 1.43 bits per heavy atom. The lowest BCUT2D eigenvalue weighted by molar-refractivity contribution is -0.121. The Balaban J connectivity index is 1.77. The number of nitrogens with one attached hydrogen (secondary N) is 2. The Kier molecular flexibility index (Phi) is 5.76. The summed E-state index contributed by atoms with van der Waals surface area (Å²) in [4.78, 5) is 26.9. The summed E-state index contributed by atoms with van der Waals surface area (Å²) < 4.78 is 0. The second-order valence-corrected chi connectivity index (χ2v) is 6.90. The van der Waals surface area contributed by atoms with Gasteiger partial charge in [-0.25, -0.2) is 4.79 Å². The maximum Gasteiger partial charge on any atom is 0.321 e. The summed E-state index contributed by atoms with van der Waals surface area (Å²) in [7, 11) is 0. The van der Waals surface area contributed by atoms with Gasteiger partial charge in [0.15, 0.2) is 0 Å². The number of thiophene rings is 1. The molecular formula is C15H23N3O2S. The zero-order chi connectivity index (χ0) is 15.2. The summed E-state index contributed by atoms with van der Waals surface area (Å²) in [5.74, 6) is 0.132. The predicted molar refractivity (Wildman–Crippen MR) is 84.1 cm³/mol. The van der Waals surface area contributed by atoms with Gasteiger partial charge in [-0.05, 0) is 30.2 Å². The fourth-order valence-corrected chi connectivity index (χ4v) is 2.78. The molecule has 1 aliphatic rings. The summed E-state index contributed by atoms with van der Waals surface area (Å²) in [6.07, 6.45) is 2.27. The van der Waals surface area contributed by atoms with E-state index in [1.165, 1.54) is 4.88 Å². The Bertz CT molecular complexity index is 469. The number of carbonyl (C=O) groups excluding carboxylic acids is 2. The molecule has 1 aliphatic carbocycles.